The van der Waals surface area contributed by atoms with E-state index in [1.54, 1.807) is 12.1 Å². The number of thioether (sulfide) groups is 2. The Morgan fingerprint density at radius 3 is 2.97 bits per heavy atom. The van der Waals surface area contributed by atoms with Crippen LogP contribution in [0.5, 0.6) is 0 Å². The maximum atomic E-state index is 12.9. The summed E-state index contributed by atoms with van der Waals surface area (Å²) in [5.41, 5.74) is 6.40. The molecule has 1 fully saturated rings. The van der Waals surface area contributed by atoms with Crippen LogP contribution in [-0.2, 0) is 19.2 Å². The third-order valence-corrected chi connectivity index (χ3v) is 8.01. The van der Waals surface area contributed by atoms with Crippen molar-refractivity contribution in [3.8, 4) is 0 Å². The molecule has 0 aromatic carbocycles. The van der Waals surface area contributed by atoms with Crippen LogP contribution in [0.4, 0.5) is 5.13 Å². The van der Waals surface area contributed by atoms with Crippen LogP contribution in [0.2, 0.25) is 0 Å². The van der Waals surface area contributed by atoms with E-state index in [1.165, 1.54) is 46.4 Å². The number of carboxylic acid groups (broad SMARTS) is 1. The number of rotatable bonds is 8. The van der Waals surface area contributed by atoms with E-state index < -0.39 is 29.2 Å². The van der Waals surface area contributed by atoms with Gasteiger partial charge in [-0.1, -0.05) is 5.16 Å². The zero-order valence-electron chi connectivity index (χ0n) is 18.3. The number of amides is 2. The molecule has 186 valence electrons. The molecule has 4 N–H and O–H groups in total. The minimum absolute atomic E-state index is 0.0412. The molecule has 0 saturated carbocycles. The Labute approximate surface area is 214 Å². The summed E-state index contributed by atoms with van der Waals surface area (Å²) in [5, 5.41) is 28.3. The fourth-order valence-electron chi connectivity index (χ4n) is 3.56. The number of oxime groups is 1. The van der Waals surface area contributed by atoms with Gasteiger partial charge >= 0.3 is 5.97 Å². The normalized spacial score (nSPS) is 19.8. The molecular weight excluding hydrogens is 532 g/mol. The maximum absolute atomic E-state index is 12.9. The number of nitrogens with one attached hydrogen (secondary N) is 1. The zero-order chi connectivity index (χ0) is 25.4. The second-order valence-corrected chi connectivity index (χ2v) is 10.2. The number of nitrogens with two attached hydrogens (primary N) is 1. The lowest BCUT2D eigenvalue weighted by Crippen LogP contribution is -2.71. The van der Waals surface area contributed by atoms with E-state index in [0.717, 1.165) is 11.5 Å². The van der Waals surface area contributed by atoms with Gasteiger partial charge in [0.15, 0.2) is 10.8 Å². The number of nitrogens with zero attached hydrogens (tertiary/aromatic N) is 8. The number of carbonyl (C=O) groups excluding carboxylic acids is 2. The first-order valence-electron chi connectivity index (χ1n) is 10.1. The van der Waals surface area contributed by atoms with Crippen LogP contribution in [0.3, 0.4) is 0 Å². The van der Waals surface area contributed by atoms with Crippen LogP contribution in [0.25, 0.3) is 5.65 Å². The summed E-state index contributed by atoms with van der Waals surface area (Å²) in [5.74, 6) is -1.89. The molecule has 0 aliphatic carbocycles. The molecule has 5 rings (SSSR count). The van der Waals surface area contributed by atoms with Crippen LogP contribution in [0.1, 0.15) is 5.82 Å². The number of β-lactam (4-membered cyclic amide) rings is 1. The summed E-state index contributed by atoms with van der Waals surface area (Å²) < 4.78 is 5.46. The summed E-state index contributed by atoms with van der Waals surface area (Å²) in [6.07, 6.45) is 1.47. The maximum Gasteiger partial charge on any atom is 0.352 e. The average molecular weight is 549 g/mol. The highest BCUT2D eigenvalue weighted by atomic mass is 32.2. The van der Waals surface area contributed by atoms with Crippen LogP contribution >= 0.6 is 35.1 Å². The molecular formula is C18H16N10O5S3. The molecule has 0 unspecified atom stereocenters. The molecule has 0 spiro atoms. The van der Waals surface area contributed by atoms with Gasteiger partial charge in [0.1, 0.15) is 35.6 Å². The Kier molecular flexibility index (Phi) is 6.46. The minimum atomic E-state index is -1.22. The Hall–Kier alpha value is -3.77. The molecule has 1 saturated heterocycles. The number of hydrogen-bond acceptors (Lipinski definition) is 14. The summed E-state index contributed by atoms with van der Waals surface area (Å²) >= 11 is 3.56. The van der Waals surface area contributed by atoms with Crippen molar-refractivity contribution in [2.24, 2.45) is 5.16 Å². The zero-order valence-corrected chi connectivity index (χ0v) is 20.7. The summed E-state index contributed by atoms with van der Waals surface area (Å²) in [6, 6.07) is 2.56. The van der Waals surface area contributed by atoms with E-state index in [4.69, 9.17) is 10.6 Å². The number of aliphatic carboxylic acids is 1. The summed E-state index contributed by atoms with van der Waals surface area (Å²) in [7, 11) is 1.25. The highest BCUT2D eigenvalue weighted by molar-refractivity contribution is 8.01. The number of fused-ring (bicyclic) bond motifs is 2. The van der Waals surface area contributed by atoms with Crippen molar-refractivity contribution in [2.45, 2.75) is 16.4 Å². The van der Waals surface area contributed by atoms with Crippen molar-refractivity contribution in [1.29, 1.82) is 0 Å². The smallest absolute Gasteiger partial charge is 0.352 e. The molecule has 2 atom stereocenters. The van der Waals surface area contributed by atoms with Crippen LogP contribution in [0.15, 0.2) is 39.9 Å². The van der Waals surface area contributed by atoms with Crippen LogP contribution in [-0.4, -0.2) is 92.7 Å². The molecule has 3 aromatic heterocycles. The van der Waals surface area contributed by atoms with Gasteiger partial charge in [-0.25, -0.2) is 4.79 Å². The summed E-state index contributed by atoms with van der Waals surface area (Å²) in [6.45, 7) is 0. The molecule has 15 nitrogen and oxygen atoms in total. The highest BCUT2D eigenvalue weighted by Crippen LogP contribution is 2.41. The monoisotopic (exact) mass is 548 g/mol. The summed E-state index contributed by atoms with van der Waals surface area (Å²) in [4.78, 5) is 47.7. The number of carbonyl (C=O) groups is 3. The third kappa shape index (κ3) is 4.33. The predicted molar refractivity (Wildman–Crippen MR) is 129 cm³/mol. The average Bonchev–Trinajstić information content (AvgIpc) is 3.51. The van der Waals surface area contributed by atoms with E-state index in [1.807, 2.05) is 0 Å². The molecule has 2 amide bonds. The molecule has 2 aliphatic heterocycles. The van der Waals surface area contributed by atoms with Crippen LogP contribution in [0, 0.1) is 0 Å². The largest absolute Gasteiger partial charge is 0.477 e. The lowest BCUT2D eigenvalue weighted by atomic mass is 10.0. The fraction of sp³-hybridized carbons (Fsp3) is 0.278. The van der Waals surface area contributed by atoms with E-state index in [9.17, 15) is 19.5 Å². The van der Waals surface area contributed by atoms with E-state index in [2.05, 4.69) is 35.1 Å². The van der Waals surface area contributed by atoms with E-state index in [-0.39, 0.29) is 22.4 Å². The molecule has 0 radical (unpaired) electrons. The van der Waals surface area contributed by atoms with Gasteiger partial charge < -0.3 is 21.0 Å². The predicted octanol–water partition coefficient (Wildman–Crippen LogP) is -0.561. The van der Waals surface area contributed by atoms with Gasteiger partial charge in [0.25, 0.3) is 11.8 Å². The fourth-order valence-corrected chi connectivity index (χ4v) is 6.34. The highest BCUT2D eigenvalue weighted by Gasteiger charge is 2.54. The van der Waals surface area contributed by atoms with Crippen molar-refractivity contribution in [2.75, 3.05) is 24.3 Å². The van der Waals surface area contributed by atoms with E-state index >= 15 is 0 Å². The number of hydrogen-bond donors (Lipinski definition) is 3. The second-order valence-electron chi connectivity index (χ2n) is 7.29. The molecule has 36 heavy (non-hydrogen) atoms. The third-order valence-electron chi connectivity index (χ3n) is 5.12. The van der Waals surface area contributed by atoms with Gasteiger partial charge in [0.05, 0.1) is 0 Å². The van der Waals surface area contributed by atoms with Gasteiger partial charge in [-0.15, -0.1) is 33.7 Å². The van der Waals surface area contributed by atoms with E-state index in [0.29, 0.717) is 27.8 Å². The van der Waals surface area contributed by atoms with Gasteiger partial charge in [-0.05, 0) is 17.7 Å². The molecule has 3 aromatic rings. The number of nitrogen functional groups attached to an aromatic ring is 1. The molecule has 2 aliphatic rings. The first-order valence-corrected chi connectivity index (χ1v) is 12.9. The van der Waals surface area contributed by atoms with Gasteiger partial charge in [0.2, 0.25) is 11.5 Å². The quantitative estimate of drug-likeness (QED) is 0.140. The Morgan fingerprint density at radius 2 is 2.25 bits per heavy atom. The van der Waals surface area contributed by atoms with Gasteiger partial charge in [0, 0.05) is 23.0 Å². The topological polar surface area (TPSA) is 203 Å². The first kappa shape index (κ1) is 23.9. The second kappa shape index (κ2) is 9.70. The van der Waals surface area contributed by atoms with Crippen molar-refractivity contribution < 1.29 is 24.3 Å². The first-order chi connectivity index (χ1) is 17.4. The standard InChI is InChI=1S/C18H16N10O5S3/c1-33-25-10(13-22-18(19)36-26-13)14(29)21-11-15(30)28-12(17(31)32)7(5-35-16(11)28)4-34-9-3-2-8-23-20-6-27(8)24-9/h2-3,6,11,16H,4-5H2,1H3,(H,21,29)(H,31,32)(H2,19,22,26)/b25-10-/t11-,16+/m1/s1. The number of aromatic nitrogens is 6. The van der Waals surface area contributed by atoms with Crippen molar-refractivity contribution >= 4 is 69.3 Å². The van der Waals surface area contributed by atoms with Gasteiger partial charge in [-0.3, -0.25) is 14.5 Å². The molecule has 0 bridgehead atoms. The SMILES string of the molecule is CO/N=C(\C(=O)N[C@@H]1C(=O)N2C(C(=O)O)=C(CSc3ccc4nncn4n3)CS[C@@H]12)c1nsc(N)n1. The Morgan fingerprint density at radius 1 is 1.42 bits per heavy atom. The molecule has 5 heterocycles. The number of carboxylic acids is 1. The minimum Gasteiger partial charge on any atom is -0.477 e. The number of anilines is 1. The molecule has 18 heteroatoms. The van der Waals surface area contributed by atoms with Crippen molar-refractivity contribution in [1.82, 2.24) is 39.4 Å². The lowest BCUT2D eigenvalue weighted by molar-refractivity contribution is -0.150. The van der Waals surface area contributed by atoms with Crippen LogP contribution < -0.4 is 11.1 Å². The van der Waals surface area contributed by atoms with Crippen molar-refractivity contribution in [3.05, 3.63) is 35.6 Å². The lowest BCUT2D eigenvalue weighted by Gasteiger charge is -2.49. The van der Waals surface area contributed by atoms with Gasteiger partial charge in [-0.2, -0.15) is 19.0 Å². The Bertz CT molecular complexity index is 1440. The Balaban J connectivity index is 1.30. The van der Waals surface area contributed by atoms with Crippen molar-refractivity contribution in [3.63, 3.8) is 0 Å².